The van der Waals surface area contributed by atoms with E-state index in [4.69, 9.17) is 4.74 Å². The zero-order valence-corrected chi connectivity index (χ0v) is 18.0. The summed E-state index contributed by atoms with van der Waals surface area (Å²) in [6, 6.07) is 8.19. The molecule has 5 heteroatoms. The molecular weight excluding hydrogens is 394 g/mol. The van der Waals surface area contributed by atoms with Crippen molar-refractivity contribution in [2.75, 3.05) is 5.32 Å². The normalized spacial score (nSPS) is 19.7. The minimum atomic E-state index is -0.667. The number of anilines is 1. The zero-order valence-electron chi connectivity index (χ0n) is 18.0. The maximum Gasteiger partial charge on any atom is 0.168 e. The van der Waals surface area contributed by atoms with Crippen molar-refractivity contribution < 1.29 is 13.5 Å². The van der Waals surface area contributed by atoms with E-state index in [2.05, 4.69) is 44.1 Å². The number of hydrogen-bond acceptors (Lipinski definition) is 3. The first-order valence-electron chi connectivity index (χ1n) is 10.4. The smallest absolute Gasteiger partial charge is 0.168 e. The number of nitrogens with one attached hydrogen (secondary N) is 1. The van der Waals surface area contributed by atoms with Crippen molar-refractivity contribution in [2.45, 2.75) is 45.8 Å². The molecular formula is C26H24F2N2O. The number of nitrogens with zero attached hydrogens (tertiary/aromatic N) is 1. The maximum atomic E-state index is 14.3. The molecule has 158 valence electrons. The molecule has 3 heterocycles. The fourth-order valence-electron chi connectivity index (χ4n) is 4.95. The van der Waals surface area contributed by atoms with Crippen LogP contribution in [0.2, 0.25) is 0 Å². The molecule has 31 heavy (non-hydrogen) atoms. The van der Waals surface area contributed by atoms with E-state index in [-0.39, 0.29) is 23.8 Å². The summed E-state index contributed by atoms with van der Waals surface area (Å²) < 4.78 is 34.1. The Hall–Kier alpha value is -3.21. The highest BCUT2D eigenvalue weighted by Gasteiger charge is 2.37. The summed E-state index contributed by atoms with van der Waals surface area (Å²) in [5, 5.41) is 3.67. The second kappa shape index (κ2) is 6.91. The van der Waals surface area contributed by atoms with Crippen molar-refractivity contribution in [3.05, 3.63) is 82.2 Å². The first-order valence-corrected chi connectivity index (χ1v) is 10.4. The first kappa shape index (κ1) is 19.7. The van der Waals surface area contributed by atoms with Crippen molar-refractivity contribution in [1.82, 2.24) is 4.98 Å². The van der Waals surface area contributed by atoms with E-state index in [1.54, 1.807) is 6.20 Å². The Kier molecular flexibility index (Phi) is 4.40. The van der Waals surface area contributed by atoms with E-state index in [1.807, 2.05) is 24.4 Å². The van der Waals surface area contributed by atoms with E-state index in [1.165, 1.54) is 11.6 Å². The largest absolute Gasteiger partial charge is 0.485 e. The van der Waals surface area contributed by atoms with Gasteiger partial charge in [0.25, 0.3) is 0 Å². The fourth-order valence-corrected chi connectivity index (χ4v) is 4.95. The summed E-state index contributed by atoms with van der Waals surface area (Å²) in [5.41, 5.74) is 7.63. The summed E-state index contributed by atoms with van der Waals surface area (Å²) in [5.74, 6) is -1.06. The molecule has 0 spiro atoms. The summed E-state index contributed by atoms with van der Waals surface area (Å²) in [6.45, 7) is 8.83. The second-order valence-corrected chi connectivity index (χ2v) is 8.91. The van der Waals surface area contributed by atoms with Crippen LogP contribution in [0.15, 0.2) is 48.3 Å². The first-order chi connectivity index (χ1) is 14.8. The van der Waals surface area contributed by atoms with E-state index < -0.39 is 11.6 Å². The molecule has 0 saturated heterocycles. The molecule has 2 aliphatic heterocycles. The van der Waals surface area contributed by atoms with Crippen molar-refractivity contribution in [2.24, 2.45) is 0 Å². The lowest BCUT2D eigenvalue weighted by Gasteiger charge is -2.42. The number of pyridine rings is 1. The number of benzene rings is 2. The van der Waals surface area contributed by atoms with Crippen LogP contribution >= 0.6 is 0 Å². The lowest BCUT2D eigenvalue weighted by molar-refractivity contribution is 0.284. The monoisotopic (exact) mass is 418 g/mol. The van der Waals surface area contributed by atoms with Gasteiger partial charge in [0.1, 0.15) is 12.4 Å². The molecule has 0 aliphatic carbocycles. The highest BCUT2D eigenvalue weighted by Crippen LogP contribution is 2.50. The van der Waals surface area contributed by atoms with Gasteiger partial charge in [-0.15, -0.1) is 0 Å². The lowest BCUT2D eigenvalue weighted by Crippen LogP contribution is -2.40. The van der Waals surface area contributed by atoms with Gasteiger partial charge in [0, 0.05) is 41.2 Å². The number of halogens is 2. The Bertz CT molecular complexity index is 1250. The van der Waals surface area contributed by atoms with Crippen molar-refractivity contribution >= 4 is 11.8 Å². The summed E-state index contributed by atoms with van der Waals surface area (Å²) in [6.07, 6.45) is 5.90. The predicted molar refractivity (Wildman–Crippen MR) is 119 cm³/mol. The van der Waals surface area contributed by atoms with Gasteiger partial charge >= 0.3 is 0 Å². The summed E-state index contributed by atoms with van der Waals surface area (Å²) in [4.78, 5) is 4.20. The van der Waals surface area contributed by atoms with Gasteiger partial charge in [0.2, 0.25) is 0 Å². The Morgan fingerprint density at radius 3 is 2.74 bits per heavy atom. The van der Waals surface area contributed by atoms with Gasteiger partial charge in [-0.3, -0.25) is 4.98 Å². The standard InChI is InChI=1S/C26H24F2N2O/c1-14-12-29-8-7-16(14)9-21-15(2)24-20-13-31-25-19(10-17(27)11-22(25)28)18(20)5-6-23(24)30-26(21,3)4/h5-12,15,30H,13H2,1-4H3. The van der Waals surface area contributed by atoms with E-state index in [9.17, 15) is 8.78 Å². The number of rotatable bonds is 1. The van der Waals surface area contributed by atoms with Crippen molar-refractivity contribution in [3.63, 3.8) is 0 Å². The molecule has 5 rings (SSSR count). The highest BCUT2D eigenvalue weighted by molar-refractivity contribution is 5.82. The Labute approximate surface area is 180 Å². The van der Waals surface area contributed by atoms with Crippen molar-refractivity contribution in [3.8, 4) is 16.9 Å². The topological polar surface area (TPSA) is 34.1 Å². The minimum absolute atomic E-state index is 0.0947. The van der Waals surface area contributed by atoms with Crippen LogP contribution in [0, 0.1) is 18.6 Å². The second-order valence-electron chi connectivity index (χ2n) is 8.91. The van der Waals surface area contributed by atoms with Crippen LogP contribution in [-0.2, 0) is 6.61 Å². The maximum absolute atomic E-state index is 14.3. The third-order valence-corrected chi connectivity index (χ3v) is 6.46. The van der Waals surface area contributed by atoms with Crippen LogP contribution in [0.5, 0.6) is 5.75 Å². The van der Waals surface area contributed by atoms with E-state index in [0.29, 0.717) is 5.56 Å². The molecule has 2 aromatic carbocycles. The third kappa shape index (κ3) is 3.11. The Morgan fingerprint density at radius 2 is 1.97 bits per heavy atom. The number of hydrogen-bond donors (Lipinski definition) is 1. The van der Waals surface area contributed by atoms with Gasteiger partial charge < -0.3 is 10.1 Å². The van der Waals surface area contributed by atoms with Crippen LogP contribution in [0.3, 0.4) is 0 Å². The van der Waals surface area contributed by atoms with E-state index in [0.717, 1.165) is 39.6 Å². The number of ether oxygens (including phenoxy) is 1. The van der Waals surface area contributed by atoms with Crippen LogP contribution in [0.25, 0.3) is 17.2 Å². The van der Waals surface area contributed by atoms with Crippen LogP contribution < -0.4 is 10.1 Å². The number of aromatic nitrogens is 1. The summed E-state index contributed by atoms with van der Waals surface area (Å²) in [7, 11) is 0. The SMILES string of the molecule is Cc1cnccc1C=C1C(C)c2c(ccc3c2COc2c(F)cc(F)cc2-3)NC1(C)C. The molecule has 0 amide bonds. The van der Waals surface area contributed by atoms with Crippen LogP contribution in [0.4, 0.5) is 14.5 Å². The van der Waals surface area contributed by atoms with Gasteiger partial charge in [-0.05, 0) is 66.8 Å². The molecule has 1 atom stereocenters. The van der Waals surface area contributed by atoms with E-state index >= 15 is 0 Å². The lowest BCUT2D eigenvalue weighted by atomic mass is 9.73. The quantitative estimate of drug-likeness (QED) is 0.482. The Morgan fingerprint density at radius 1 is 1.16 bits per heavy atom. The molecule has 0 fully saturated rings. The molecule has 3 nitrogen and oxygen atoms in total. The number of aryl methyl sites for hydroxylation is 1. The molecule has 0 bridgehead atoms. The van der Waals surface area contributed by atoms with Crippen LogP contribution in [0.1, 0.15) is 48.9 Å². The molecule has 0 radical (unpaired) electrons. The Balaban J connectivity index is 1.70. The average molecular weight is 418 g/mol. The molecule has 1 unspecified atom stereocenters. The van der Waals surface area contributed by atoms with Gasteiger partial charge in [0.05, 0.1) is 5.54 Å². The predicted octanol–water partition coefficient (Wildman–Crippen LogP) is 6.62. The fraction of sp³-hybridized carbons (Fsp3) is 0.269. The van der Waals surface area contributed by atoms with Gasteiger partial charge in [0.15, 0.2) is 11.6 Å². The molecule has 0 saturated carbocycles. The van der Waals surface area contributed by atoms with Crippen LogP contribution in [-0.4, -0.2) is 10.5 Å². The zero-order chi connectivity index (χ0) is 21.9. The van der Waals surface area contributed by atoms with Crippen molar-refractivity contribution in [1.29, 1.82) is 0 Å². The van der Waals surface area contributed by atoms with Gasteiger partial charge in [-0.25, -0.2) is 8.78 Å². The third-order valence-electron chi connectivity index (χ3n) is 6.46. The van der Waals surface area contributed by atoms with Gasteiger partial charge in [-0.1, -0.05) is 19.1 Å². The number of fused-ring (bicyclic) bond motifs is 5. The summed E-state index contributed by atoms with van der Waals surface area (Å²) >= 11 is 0. The molecule has 2 aliphatic rings. The molecule has 1 N–H and O–H groups in total. The minimum Gasteiger partial charge on any atom is -0.485 e. The van der Waals surface area contributed by atoms with Gasteiger partial charge in [-0.2, -0.15) is 0 Å². The average Bonchev–Trinajstić information content (AvgIpc) is 2.71. The highest BCUT2D eigenvalue weighted by atomic mass is 19.1. The molecule has 3 aromatic rings. The molecule has 1 aromatic heterocycles.